The fraction of sp³-hybridized carbons (Fsp3) is 0.308. The Morgan fingerprint density at radius 2 is 2.10 bits per heavy atom. The first-order valence-corrected chi connectivity index (χ1v) is 8.15. The lowest BCUT2D eigenvalue weighted by molar-refractivity contribution is 0.601. The maximum Gasteiger partial charge on any atom is 0.262 e. The zero-order valence-corrected chi connectivity index (χ0v) is 13.6. The number of nitrogens with one attached hydrogen (secondary N) is 2. The molecule has 2 rings (SSSR count). The Bertz CT molecular complexity index is 756. The molecule has 1 aromatic carbocycles. The number of hydrogen-bond acceptors (Lipinski definition) is 4. The highest BCUT2D eigenvalue weighted by Gasteiger charge is 2.18. The highest BCUT2D eigenvalue weighted by Crippen LogP contribution is 2.23. The van der Waals surface area contributed by atoms with Gasteiger partial charge in [0.15, 0.2) is 0 Å². The predicted octanol–water partition coefficient (Wildman–Crippen LogP) is 1.90. The number of nitrogens with zero attached hydrogens (tertiary/aromatic N) is 2. The molecule has 0 radical (unpaired) electrons. The largest absolute Gasteiger partial charge is 0.316 e. The molecule has 1 aromatic heterocycles. The summed E-state index contributed by atoms with van der Waals surface area (Å²) in [4.78, 5) is 0.167. The summed E-state index contributed by atoms with van der Waals surface area (Å²) in [6.07, 6.45) is 1.62. The van der Waals surface area contributed by atoms with Gasteiger partial charge in [-0.05, 0) is 37.7 Å². The van der Waals surface area contributed by atoms with Gasteiger partial charge in [0.25, 0.3) is 10.0 Å². The Morgan fingerprint density at radius 3 is 2.67 bits per heavy atom. The molecule has 0 spiro atoms. The summed E-state index contributed by atoms with van der Waals surface area (Å²) in [5.74, 6) is 0. The van der Waals surface area contributed by atoms with Crippen molar-refractivity contribution in [2.45, 2.75) is 18.4 Å². The van der Waals surface area contributed by atoms with Gasteiger partial charge in [0.2, 0.25) is 0 Å². The van der Waals surface area contributed by atoms with Crippen LogP contribution in [0.1, 0.15) is 11.3 Å². The Kier molecular flexibility index (Phi) is 4.55. The van der Waals surface area contributed by atoms with Crippen LogP contribution in [0.2, 0.25) is 5.02 Å². The van der Waals surface area contributed by atoms with Crippen LogP contribution in [0.15, 0.2) is 29.3 Å². The van der Waals surface area contributed by atoms with Crippen molar-refractivity contribution in [3.05, 3.63) is 40.7 Å². The van der Waals surface area contributed by atoms with E-state index in [0.717, 1.165) is 5.56 Å². The molecular formula is C13H17ClN4O2S. The van der Waals surface area contributed by atoms with Crippen molar-refractivity contribution in [3.63, 3.8) is 0 Å². The molecule has 0 bridgehead atoms. The van der Waals surface area contributed by atoms with E-state index in [1.807, 2.05) is 0 Å². The second kappa shape index (κ2) is 6.05. The van der Waals surface area contributed by atoms with Crippen molar-refractivity contribution in [2.24, 2.45) is 7.05 Å². The second-order valence-electron chi connectivity index (χ2n) is 4.69. The van der Waals surface area contributed by atoms with E-state index in [1.54, 1.807) is 44.0 Å². The molecule has 21 heavy (non-hydrogen) atoms. The third kappa shape index (κ3) is 3.55. The average molecular weight is 329 g/mol. The Hall–Kier alpha value is -1.57. The molecule has 2 aromatic rings. The van der Waals surface area contributed by atoms with Crippen molar-refractivity contribution in [2.75, 3.05) is 11.8 Å². The molecule has 8 heteroatoms. The van der Waals surface area contributed by atoms with Crippen LogP contribution < -0.4 is 10.0 Å². The number of hydrogen-bond donors (Lipinski definition) is 2. The van der Waals surface area contributed by atoms with Crippen LogP contribution in [0.5, 0.6) is 0 Å². The van der Waals surface area contributed by atoms with E-state index in [9.17, 15) is 8.42 Å². The summed E-state index contributed by atoms with van der Waals surface area (Å²) < 4.78 is 28.9. The first-order valence-electron chi connectivity index (χ1n) is 6.29. The maximum atomic E-state index is 12.4. The van der Waals surface area contributed by atoms with Gasteiger partial charge < -0.3 is 5.32 Å². The molecule has 0 aliphatic rings. The fourth-order valence-electron chi connectivity index (χ4n) is 1.95. The van der Waals surface area contributed by atoms with Crippen LogP contribution >= 0.6 is 11.6 Å². The summed E-state index contributed by atoms with van der Waals surface area (Å²) >= 11 is 6.05. The van der Waals surface area contributed by atoms with Gasteiger partial charge >= 0.3 is 0 Å². The molecular weight excluding hydrogens is 312 g/mol. The van der Waals surface area contributed by atoms with Crippen molar-refractivity contribution < 1.29 is 8.42 Å². The fourth-order valence-corrected chi connectivity index (χ4v) is 3.28. The maximum absolute atomic E-state index is 12.4. The van der Waals surface area contributed by atoms with Gasteiger partial charge in [0, 0.05) is 24.8 Å². The first-order chi connectivity index (χ1) is 9.83. The molecule has 0 fully saturated rings. The zero-order valence-electron chi connectivity index (χ0n) is 12.0. The minimum absolute atomic E-state index is 0.167. The number of aryl methyl sites for hydroxylation is 2. The minimum Gasteiger partial charge on any atom is -0.316 e. The molecule has 0 aliphatic heterocycles. The topological polar surface area (TPSA) is 76.0 Å². The Morgan fingerprint density at radius 1 is 1.38 bits per heavy atom. The molecule has 1 heterocycles. The molecule has 0 saturated carbocycles. The van der Waals surface area contributed by atoms with E-state index in [1.165, 1.54) is 6.07 Å². The summed E-state index contributed by atoms with van der Waals surface area (Å²) in [6, 6.07) is 4.63. The van der Waals surface area contributed by atoms with E-state index in [4.69, 9.17) is 11.6 Å². The van der Waals surface area contributed by atoms with Gasteiger partial charge in [-0.15, -0.1) is 0 Å². The van der Waals surface area contributed by atoms with E-state index in [-0.39, 0.29) is 4.90 Å². The molecule has 6 nitrogen and oxygen atoms in total. The number of rotatable bonds is 5. The van der Waals surface area contributed by atoms with E-state index in [0.29, 0.717) is 22.9 Å². The summed E-state index contributed by atoms with van der Waals surface area (Å²) in [7, 11) is -0.163. The highest BCUT2D eigenvalue weighted by molar-refractivity contribution is 7.92. The van der Waals surface area contributed by atoms with E-state index in [2.05, 4.69) is 15.1 Å². The summed E-state index contributed by atoms with van der Waals surface area (Å²) in [5, 5.41) is 7.59. The van der Waals surface area contributed by atoms with Crippen molar-refractivity contribution >= 4 is 27.3 Å². The van der Waals surface area contributed by atoms with Gasteiger partial charge in [0.05, 0.1) is 16.3 Å². The zero-order chi connectivity index (χ0) is 15.6. The SMILES string of the molecule is CNCc1cc(S(=O)(=O)Nc2cn(C)nc2C)ccc1Cl. The molecule has 0 atom stereocenters. The quantitative estimate of drug-likeness (QED) is 0.879. The van der Waals surface area contributed by atoms with Gasteiger partial charge in [0.1, 0.15) is 0 Å². The summed E-state index contributed by atoms with van der Waals surface area (Å²) in [5.41, 5.74) is 1.80. The van der Waals surface area contributed by atoms with E-state index >= 15 is 0 Å². The van der Waals surface area contributed by atoms with Crippen LogP contribution in [-0.2, 0) is 23.6 Å². The molecule has 114 valence electrons. The van der Waals surface area contributed by atoms with E-state index < -0.39 is 10.0 Å². The normalized spacial score (nSPS) is 11.6. The number of halogens is 1. The predicted molar refractivity (Wildman–Crippen MR) is 83.0 cm³/mol. The number of benzene rings is 1. The smallest absolute Gasteiger partial charge is 0.262 e. The number of sulfonamides is 1. The molecule has 2 N–H and O–H groups in total. The Balaban J connectivity index is 2.35. The Labute approximate surface area is 129 Å². The third-order valence-electron chi connectivity index (χ3n) is 2.95. The van der Waals surface area contributed by atoms with Gasteiger partial charge in [-0.3, -0.25) is 9.40 Å². The van der Waals surface area contributed by atoms with Crippen LogP contribution in [0.4, 0.5) is 5.69 Å². The average Bonchev–Trinajstić information content (AvgIpc) is 2.70. The number of aromatic nitrogens is 2. The van der Waals surface area contributed by atoms with Crippen molar-refractivity contribution in [1.82, 2.24) is 15.1 Å². The third-order valence-corrected chi connectivity index (χ3v) is 4.68. The van der Waals surface area contributed by atoms with Crippen molar-refractivity contribution in [1.29, 1.82) is 0 Å². The highest BCUT2D eigenvalue weighted by atomic mass is 35.5. The van der Waals surface area contributed by atoms with Crippen LogP contribution in [0.3, 0.4) is 0 Å². The molecule has 0 saturated heterocycles. The minimum atomic E-state index is -3.67. The van der Waals surface area contributed by atoms with Gasteiger partial charge in [-0.2, -0.15) is 5.10 Å². The van der Waals surface area contributed by atoms with Crippen LogP contribution in [0.25, 0.3) is 0 Å². The lowest BCUT2D eigenvalue weighted by atomic mass is 10.2. The van der Waals surface area contributed by atoms with Gasteiger partial charge in [-0.1, -0.05) is 11.6 Å². The standard InChI is InChI=1S/C13H17ClN4O2S/c1-9-13(8-18(3)16-9)17-21(19,20)11-4-5-12(14)10(6-11)7-15-2/h4-6,8,15,17H,7H2,1-3H3. The first kappa shape index (κ1) is 15.8. The lowest BCUT2D eigenvalue weighted by Gasteiger charge is -2.10. The molecule has 0 aliphatic carbocycles. The second-order valence-corrected chi connectivity index (χ2v) is 6.78. The number of anilines is 1. The van der Waals surface area contributed by atoms with Crippen LogP contribution in [0, 0.1) is 6.92 Å². The van der Waals surface area contributed by atoms with Gasteiger partial charge in [-0.25, -0.2) is 8.42 Å². The molecule has 0 amide bonds. The lowest BCUT2D eigenvalue weighted by Crippen LogP contribution is -2.14. The van der Waals surface area contributed by atoms with Crippen molar-refractivity contribution in [3.8, 4) is 0 Å². The van der Waals surface area contributed by atoms with Crippen LogP contribution in [-0.4, -0.2) is 25.2 Å². The summed E-state index contributed by atoms with van der Waals surface area (Å²) in [6.45, 7) is 2.24. The molecule has 0 unspecified atom stereocenters. The monoisotopic (exact) mass is 328 g/mol.